The predicted octanol–water partition coefficient (Wildman–Crippen LogP) is 3.83. The van der Waals surface area contributed by atoms with Gasteiger partial charge in [0, 0.05) is 45.4 Å². The van der Waals surface area contributed by atoms with Gasteiger partial charge in [-0.15, -0.1) is 0 Å². The summed E-state index contributed by atoms with van der Waals surface area (Å²) in [5, 5.41) is 0. The van der Waals surface area contributed by atoms with Crippen molar-refractivity contribution in [1.29, 1.82) is 0 Å². The number of ether oxygens (including phenoxy) is 2. The van der Waals surface area contributed by atoms with E-state index in [0.29, 0.717) is 36.7 Å². The Morgan fingerprint density at radius 1 is 0.969 bits per heavy atom. The third-order valence-electron chi connectivity index (χ3n) is 5.28. The van der Waals surface area contributed by atoms with Crippen molar-refractivity contribution in [2.24, 2.45) is 4.99 Å². The van der Waals surface area contributed by atoms with E-state index >= 15 is 0 Å². The molecule has 0 amide bonds. The van der Waals surface area contributed by atoms with Gasteiger partial charge in [0.2, 0.25) is 0 Å². The van der Waals surface area contributed by atoms with Crippen LogP contribution in [-0.4, -0.2) is 75.2 Å². The lowest BCUT2D eigenvalue weighted by Gasteiger charge is -2.36. The molecule has 6 nitrogen and oxygen atoms in total. The Morgan fingerprint density at radius 2 is 1.59 bits per heavy atom. The average molecular weight is 449 g/mol. The number of halogens is 3. The molecule has 2 aromatic rings. The molecule has 0 spiro atoms. The third kappa shape index (κ3) is 5.86. The number of esters is 1. The summed E-state index contributed by atoms with van der Waals surface area (Å²) in [6.45, 7) is 4.11. The van der Waals surface area contributed by atoms with Gasteiger partial charge in [0.05, 0.1) is 30.5 Å². The van der Waals surface area contributed by atoms with Gasteiger partial charge in [-0.2, -0.15) is 13.2 Å². The monoisotopic (exact) mass is 449 g/mol. The highest BCUT2D eigenvalue weighted by atomic mass is 19.4. The highest BCUT2D eigenvalue weighted by molar-refractivity contribution is 6.01. The Balaban J connectivity index is 1.96. The number of rotatable bonds is 6. The van der Waals surface area contributed by atoms with Crippen molar-refractivity contribution >= 4 is 17.5 Å². The van der Waals surface area contributed by atoms with Gasteiger partial charge in [0.15, 0.2) is 0 Å². The Labute approximate surface area is 185 Å². The molecule has 0 bridgehead atoms. The maximum atomic E-state index is 13.5. The third-order valence-corrected chi connectivity index (χ3v) is 5.28. The van der Waals surface area contributed by atoms with Crippen molar-refractivity contribution in [2.45, 2.75) is 6.18 Å². The molecule has 2 aromatic carbocycles. The molecule has 1 saturated heterocycles. The maximum absolute atomic E-state index is 13.5. The highest BCUT2D eigenvalue weighted by Crippen LogP contribution is 2.36. The van der Waals surface area contributed by atoms with Crippen molar-refractivity contribution < 1.29 is 27.4 Å². The summed E-state index contributed by atoms with van der Waals surface area (Å²) in [6, 6.07) is 11.8. The number of alkyl halides is 3. The molecule has 1 aliphatic rings. The van der Waals surface area contributed by atoms with E-state index in [1.807, 2.05) is 4.90 Å². The number of nitrogens with zero attached hydrogens (tertiary/aromatic N) is 3. The SMILES string of the molecule is COCCN1CCN(/C(=N/c2ccccc2C(F)(F)F)c2ccc(C(=O)OC)cc2)CC1. The smallest absolute Gasteiger partial charge is 0.418 e. The fourth-order valence-electron chi connectivity index (χ4n) is 3.52. The number of piperazine rings is 1. The molecule has 1 heterocycles. The fourth-order valence-corrected chi connectivity index (χ4v) is 3.52. The van der Waals surface area contributed by atoms with Gasteiger partial charge in [-0.05, 0) is 24.3 Å². The molecule has 0 aromatic heterocycles. The lowest BCUT2D eigenvalue weighted by Crippen LogP contribution is -2.49. The van der Waals surface area contributed by atoms with Crippen molar-refractivity contribution in [1.82, 2.24) is 9.80 Å². The first-order valence-corrected chi connectivity index (χ1v) is 10.2. The molecule has 0 radical (unpaired) electrons. The molecule has 0 aliphatic carbocycles. The van der Waals surface area contributed by atoms with Gasteiger partial charge < -0.3 is 14.4 Å². The zero-order valence-electron chi connectivity index (χ0n) is 18.1. The molecule has 0 saturated carbocycles. The van der Waals surface area contributed by atoms with Crippen molar-refractivity contribution in [3.05, 3.63) is 65.2 Å². The summed E-state index contributed by atoms with van der Waals surface area (Å²) in [6.07, 6.45) is -4.52. The number of para-hydroxylation sites is 1. The second kappa shape index (κ2) is 10.6. The first-order valence-electron chi connectivity index (χ1n) is 10.2. The van der Waals surface area contributed by atoms with E-state index in [2.05, 4.69) is 9.89 Å². The maximum Gasteiger partial charge on any atom is 0.418 e. The lowest BCUT2D eigenvalue weighted by molar-refractivity contribution is -0.137. The van der Waals surface area contributed by atoms with Gasteiger partial charge in [-0.25, -0.2) is 9.79 Å². The molecule has 0 unspecified atom stereocenters. The zero-order valence-corrected chi connectivity index (χ0v) is 18.1. The molecule has 172 valence electrons. The summed E-state index contributed by atoms with van der Waals surface area (Å²) in [7, 11) is 2.94. The molecular formula is C23H26F3N3O3. The number of hydrogen-bond acceptors (Lipinski definition) is 5. The van der Waals surface area contributed by atoms with Gasteiger partial charge in [-0.3, -0.25) is 4.90 Å². The van der Waals surface area contributed by atoms with Crippen LogP contribution in [-0.2, 0) is 15.7 Å². The van der Waals surface area contributed by atoms with Crippen molar-refractivity contribution in [3.8, 4) is 0 Å². The summed E-state index contributed by atoms with van der Waals surface area (Å²) < 4.78 is 50.5. The van der Waals surface area contributed by atoms with Crippen LogP contribution in [0.3, 0.4) is 0 Å². The number of aliphatic imine (C=N–C) groups is 1. The van der Waals surface area contributed by atoms with E-state index < -0.39 is 17.7 Å². The number of benzene rings is 2. The second-order valence-corrected chi connectivity index (χ2v) is 7.34. The minimum absolute atomic E-state index is 0.145. The number of amidine groups is 1. The van der Waals surface area contributed by atoms with Crippen molar-refractivity contribution in [3.63, 3.8) is 0 Å². The summed E-state index contributed by atoms with van der Waals surface area (Å²) in [4.78, 5) is 20.4. The number of carbonyl (C=O) groups excluding carboxylic acids is 1. The Hall–Kier alpha value is -2.91. The van der Waals surface area contributed by atoms with E-state index in [1.54, 1.807) is 31.4 Å². The van der Waals surface area contributed by atoms with Crippen LogP contribution in [0.2, 0.25) is 0 Å². The number of methoxy groups -OCH3 is 2. The highest BCUT2D eigenvalue weighted by Gasteiger charge is 2.33. The van der Waals surface area contributed by atoms with E-state index in [0.717, 1.165) is 25.7 Å². The predicted molar refractivity (Wildman–Crippen MR) is 115 cm³/mol. The Bertz CT molecular complexity index is 937. The first-order chi connectivity index (χ1) is 15.3. The van der Waals surface area contributed by atoms with Crippen LogP contribution in [0.4, 0.5) is 18.9 Å². The molecular weight excluding hydrogens is 423 g/mol. The molecule has 3 rings (SSSR count). The minimum atomic E-state index is -4.52. The molecule has 0 atom stereocenters. The molecule has 0 N–H and O–H groups in total. The van der Waals surface area contributed by atoms with Gasteiger partial charge in [-0.1, -0.05) is 24.3 Å². The van der Waals surface area contributed by atoms with Crippen molar-refractivity contribution in [2.75, 3.05) is 53.6 Å². The van der Waals surface area contributed by atoms with Gasteiger partial charge in [0.25, 0.3) is 0 Å². The molecule has 1 fully saturated rings. The molecule has 9 heteroatoms. The summed E-state index contributed by atoms with van der Waals surface area (Å²) in [5.41, 5.74) is 0.0481. The summed E-state index contributed by atoms with van der Waals surface area (Å²) in [5.74, 6) is -0.0475. The standard InChI is InChI=1S/C23H26F3N3O3/c1-31-16-15-28-11-13-29(14-12-28)21(17-7-9-18(10-8-17)22(30)32-2)27-20-6-4-3-5-19(20)23(24,25)26/h3-10H,11-16H2,1-2H3/b27-21+. The zero-order chi connectivity index (χ0) is 23.1. The topological polar surface area (TPSA) is 54.4 Å². The summed E-state index contributed by atoms with van der Waals surface area (Å²) >= 11 is 0. The van der Waals surface area contributed by atoms with Crippen LogP contribution in [0.25, 0.3) is 0 Å². The van der Waals surface area contributed by atoms with Crippen LogP contribution >= 0.6 is 0 Å². The first kappa shape index (κ1) is 23.7. The largest absolute Gasteiger partial charge is 0.465 e. The molecule has 32 heavy (non-hydrogen) atoms. The van der Waals surface area contributed by atoms with Crippen LogP contribution in [0.15, 0.2) is 53.5 Å². The Kier molecular flexibility index (Phi) is 7.87. The van der Waals surface area contributed by atoms with E-state index in [9.17, 15) is 18.0 Å². The average Bonchev–Trinajstić information content (AvgIpc) is 2.81. The van der Waals surface area contributed by atoms with E-state index in [-0.39, 0.29) is 5.69 Å². The number of carbonyl (C=O) groups is 1. The quantitative estimate of drug-likeness (QED) is 0.381. The van der Waals surface area contributed by atoms with E-state index in [1.165, 1.54) is 25.3 Å². The van der Waals surface area contributed by atoms with Gasteiger partial charge >= 0.3 is 12.1 Å². The lowest BCUT2D eigenvalue weighted by atomic mass is 10.1. The minimum Gasteiger partial charge on any atom is -0.465 e. The van der Waals surface area contributed by atoms with Crippen LogP contribution < -0.4 is 0 Å². The normalized spacial score (nSPS) is 15.7. The Morgan fingerprint density at radius 3 is 2.19 bits per heavy atom. The van der Waals surface area contributed by atoms with Crippen LogP contribution in [0, 0.1) is 0 Å². The van der Waals surface area contributed by atoms with Gasteiger partial charge in [0.1, 0.15) is 5.84 Å². The number of hydrogen-bond donors (Lipinski definition) is 0. The fraction of sp³-hybridized carbons (Fsp3) is 0.391. The van der Waals surface area contributed by atoms with Crippen LogP contribution in [0.5, 0.6) is 0 Å². The van der Waals surface area contributed by atoms with E-state index in [4.69, 9.17) is 9.47 Å². The van der Waals surface area contributed by atoms with Crippen LogP contribution in [0.1, 0.15) is 21.5 Å². The molecule has 1 aliphatic heterocycles. The second-order valence-electron chi connectivity index (χ2n) is 7.34.